The summed E-state index contributed by atoms with van der Waals surface area (Å²) in [6, 6.07) is 6.66. The number of carbonyl (C=O) groups is 2. The van der Waals surface area contributed by atoms with Gasteiger partial charge in [-0.15, -0.1) is 0 Å². The molecular weight excluding hydrogens is 594 g/mol. The third-order valence-corrected chi connectivity index (χ3v) is 13.3. The Kier molecular flexibility index (Phi) is 7.81. The van der Waals surface area contributed by atoms with Gasteiger partial charge in [-0.3, -0.25) is 9.69 Å². The summed E-state index contributed by atoms with van der Waals surface area (Å²) in [4.78, 5) is 29.7. The smallest absolute Gasteiger partial charge is 0.338 e. The van der Waals surface area contributed by atoms with Crippen molar-refractivity contribution >= 4 is 11.9 Å². The molecule has 0 amide bonds. The number of ether oxygens (including phenoxy) is 7. The number of nitrogens with zero attached hydrogens (tertiary/aromatic N) is 1. The van der Waals surface area contributed by atoms with Crippen molar-refractivity contribution in [2.75, 3.05) is 55.2 Å². The van der Waals surface area contributed by atoms with Gasteiger partial charge in [0.2, 0.25) is 0 Å². The summed E-state index contributed by atoms with van der Waals surface area (Å²) >= 11 is 0. The van der Waals surface area contributed by atoms with E-state index >= 15 is 0 Å². The van der Waals surface area contributed by atoms with Gasteiger partial charge in [0.15, 0.2) is 0 Å². The molecule has 1 N–H and O–H groups in total. The molecule has 11 nitrogen and oxygen atoms in total. The van der Waals surface area contributed by atoms with Gasteiger partial charge in [0.05, 0.1) is 37.6 Å². The number of esters is 2. The average Bonchev–Trinajstić information content (AvgIpc) is 3.42. The van der Waals surface area contributed by atoms with Crippen molar-refractivity contribution in [3.8, 4) is 5.75 Å². The largest absolute Gasteiger partial charge is 0.497 e. The molecule has 1 aromatic carbocycles. The minimum Gasteiger partial charge on any atom is -0.497 e. The number of methoxy groups -OCH3 is 5. The van der Waals surface area contributed by atoms with Crippen LogP contribution in [0.5, 0.6) is 5.75 Å². The maximum absolute atomic E-state index is 13.9. The topological polar surface area (TPSA) is 122 Å². The van der Waals surface area contributed by atoms with Crippen LogP contribution in [0.4, 0.5) is 0 Å². The van der Waals surface area contributed by atoms with Crippen LogP contribution in [0.25, 0.3) is 0 Å². The summed E-state index contributed by atoms with van der Waals surface area (Å²) in [5.74, 6) is -1.38. The highest BCUT2D eigenvalue weighted by Gasteiger charge is 2.89. The van der Waals surface area contributed by atoms with Crippen molar-refractivity contribution in [1.29, 1.82) is 0 Å². The number of aliphatic hydroxyl groups is 1. The van der Waals surface area contributed by atoms with E-state index in [4.69, 9.17) is 33.2 Å². The quantitative estimate of drug-likeness (QED) is 0.379. The zero-order valence-corrected chi connectivity index (χ0v) is 28.0. The van der Waals surface area contributed by atoms with Crippen molar-refractivity contribution < 1.29 is 47.9 Å². The van der Waals surface area contributed by atoms with E-state index in [1.807, 2.05) is 0 Å². The fourth-order valence-corrected chi connectivity index (χ4v) is 12.4. The van der Waals surface area contributed by atoms with Gasteiger partial charge in [0.1, 0.15) is 23.1 Å². The van der Waals surface area contributed by atoms with Crippen LogP contribution < -0.4 is 4.74 Å². The first kappa shape index (κ1) is 32.3. The summed E-state index contributed by atoms with van der Waals surface area (Å²) in [6.07, 6.45) is 0.142. The first-order valence-electron chi connectivity index (χ1n) is 16.6. The summed E-state index contributed by atoms with van der Waals surface area (Å²) < 4.78 is 43.6. The van der Waals surface area contributed by atoms with Gasteiger partial charge in [-0.2, -0.15) is 0 Å². The van der Waals surface area contributed by atoms with E-state index in [9.17, 15) is 14.7 Å². The maximum atomic E-state index is 13.9. The van der Waals surface area contributed by atoms with E-state index in [1.165, 1.54) is 6.92 Å². The highest BCUT2D eigenvalue weighted by Crippen LogP contribution is 2.80. The number of hydrogen-bond acceptors (Lipinski definition) is 11. The maximum Gasteiger partial charge on any atom is 0.338 e. The Bertz CT molecular complexity index is 1360. The minimum absolute atomic E-state index is 0.00534. The molecule has 6 fully saturated rings. The summed E-state index contributed by atoms with van der Waals surface area (Å²) in [6.45, 7) is 5.80. The highest BCUT2D eigenvalue weighted by atomic mass is 16.6. The van der Waals surface area contributed by atoms with Gasteiger partial charge in [0.25, 0.3) is 0 Å². The monoisotopic (exact) mass is 643 g/mol. The van der Waals surface area contributed by atoms with Gasteiger partial charge in [-0.05, 0) is 56.0 Å². The van der Waals surface area contributed by atoms with E-state index in [0.717, 1.165) is 25.9 Å². The number of likely N-dealkylation sites (tertiary alicyclic amines) is 1. The van der Waals surface area contributed by atoms with Crippen molar-refractivity contribution in [3.05, 3.63) is 29.8 Å². The molecule has 1 unspecified atom stereocenters. The Labute approximate surface area is 271 Å². The van der Waals surface area contributed by atoms with Crippen molar-refractivity contribution in [2.24, 2.45) is 34.5 Å². The van der Waals surface area contributed by atoms with E-state index in [0.29, 0.717) is 24.3 Å². The molecule has 46 heavy (non-hydrogen) atoms. The normalized spacial score (nSPS) is 46.6. The zero-order chi connectivity index (χ0) is 32.8. The highest BCUT2D eigenvalue weighted by molar-refractivity contribution is 5.89. The molecule has 6 aliphatic rings. The molecule has 0 aromatic heterocycles. The van der Waals surface area contributed by atoms with Gasteiger partial charge in [0, 0.05) is 83.0 Å². The number of rotatable bonds is 10. The molecule has 5 aliphatic carbocycles. The van der Waals surface area contributed by atoms with Crippen LogP contribution in [0.2, 0.25) is 0 Å². The molecule has 0 radical (unpaired) electrons. The Balaban J connectivity index is 1.46. The lowest BCUT2D eigenvalue weighted by Gasteiger charge is -2.69. The van der Waals surface area contributed by atoms with Gasteiger partial charge >= 0.3 is 11.9 Å². The number of carbonyl (C=O) groups excluding carboxylic acids is 2. The molecule has 13 atom stereocenters. The Morgan fingerprint density at radius 3 is 2.28 bits per heavy atom. The van der Waals surface area contributed by atoms with Crippen LogP contribution in [0.15, 0.2) is 24.3 Å². The molecule has 7 rings (SSSR count). The third kappa shape index (κ3) is 3.87. The predicted molar refractivity (Wildman–Crippen MR) is 164 cm³/mol. The van der Waals surface area contributed by atoms with Crippen LogP contribution in [0, 0.1) is 34.5 Å². The average molecular weight is 644 g/mol. The van der Waals surface area contributed by atoms with Crippen molar-refractivity contribution in [1.82, 2.24) is 4.90 Å². The second-order valence-corrected chi connectivity index (χ2v) is 14.6. The minimum atomic E-state index is -1.51. The Morgan fingerprint density at radius 1 is 0.978 bits per heavy atom. The van der Waals surface area contributed by atoms with E-state index < -0.39 is 46.7 Å². The standard InChI is InChI=1S/C35H49NO10/c1-8-36-17-32(18-40-3)14-13-23(42-5)35-22-15-33(39)24(43-6)16-34(46-19(2)37,26(29(35)36)27(44-7)28(32)35)25(22)30(33)45-31(38)20-9-11-21(41-4)12-10-20/h9-12,22-30,39H,8,13-18H2,1-7H3/t22-,23+,24+,25-,26+,27+,28-,29?,30-,32+,33-,34-,35+/m1/s1. The van der Waals surface area contributed by atoms with Crippen LogP contribution in [0.3, 0.4) is 0 Å². The van der Waals surface area contributed by atoms with Crippen LogP contribution in [-0.4, -0.2) is 119 Å². The predicted octanol–water partition coefficient (Wildman–Crippen LogP) is 2.72. The van der Waals surface area contributed by atoms with Crippen LogP contribution >= 0.6 is 0 Å². The van der Waals surface area contributed by atoms with E-state index in [-0.39, 0.29) is 47.8 Å². The first-order valence-corrected chi connectivity index (χ1v) is 16.6. The molecular formula is C35H49NO10. The van der Waals surface area contributed by atoms with E-state index in [1.54, 1.807) is 59.8 Å². The summed E-state index contributed by atoms with van der Waals surface area (Å²) in [7, 11) is 8.44. The molecule has 1 aromatic rings. The number of piperidine rings is 1. The fourth-order valence-electron chi connectivity index (χ4n) is 12.4. The number of benzene rings is 1. The van der Waals surface area contributed by atoms with Gasteiger partial charge in [-0.1, -0.05) is 6.92 Å². The second kappa shape index (κ2) is 11.1. The van der Waals surface area contributed by atoms with Crippen molar-refractivity contribution in [3.63, 3.8) is 0 Å². The van der Waals surface area contributed by atoms with Gasteiger partial charge in [-0.25, -0.2) is 4.79 Å². The van der Waals surface area contributed by atoms with Crippen LogP contribution in [0.1, 0.15) is 49.9 Å². The molecule has 1 aliphatic heterocycles. The fraction of sp³-hybridized carbons (Fsp3) is 0.771. The Hall–Kier alpha value is -2.28. The number of hydrogen-bond donors (Lipinski definition) is 1. The lowest BCUT2D eigenvalue weighted by Crippen LogP contribution is -2.77. The lowest BCUT2D eigenvalue weighted by atomic mass is 9.43. The van der Waals surface area contributed by atoms with Crippen LogP contribution in [-0.2, 0) is 33.2 Å². The molecule has 5 saturated carbocycles. The van der Waals surface area contributed by atoms with E-state index in [2.05, 4.69) is 11.8 Å². The molecule has 11 heteroatoms. The SMILES string of the molecule is CCN1C[C@]2(COC)CC[C@H](OC)[C@]34C1[C@H]([C@H](OC)[C@H]23)[C@@]1(OC(C)=O)C[C@H](OC)[C@]2(O)C[C@@H]4[C@@H]1[C@H]2OC(=O)c1ccc(OC)cc1. The number of fused-ring (bicyclic) bond motifs is 2. The van der Waals surface area contributed by atoms with Gasteiger partial charge < -0.3 is 38.3 Å². The first-order chi connectivity index (χ1) is 22.1. The van der Waals surface area contributed by atoms with Crippen molar-refractivity contribution in [2.45, 2.75) is 81.2 Å². The molecule has 1 saturated heterocycles. The molecule has 1 heterocycles. The molecule has 1 spiro atoms. The Morgan fingerprint density at radius 2 is 1.70 bits per heavy atom. The lowest BCUT2D eigenvalue weighted by molar-refractivity contribution is -0.287. The summed E-state index contributed by atoms with van der Waals surface area (Å²) in [5.41, 5.74) is -3.03. The molecule has 7 bridgehead atoms. The summed E-state index contributed by atoms with van der Waals surface area (Å²) in [5, 5.41) is 12.8. The zero-order valence-electron chi connectivity index (χ0n) is 28.0. The second-order valence-electron chi connectivity index (χ2n) is 14.6. The molecule has 254 valence electrons. The third-order valence-electron chi connectivity index (χ3n) is 13.3.